The topological polar surface area (TPSA) is 40.5 Å². The van der Waals surface area contributed by atoms with Gasteiger partial charge in [0.05, 0.1) is 0 Å². The summed E-state index contributed by atoms with van der Waals surface area (Å²) in [6.07, 6.45) is 5.71. The van der Waals surface area contributed by atoms with Crippen molar-refractivity contribution in [1.29, 1.82) is 0 Å². The van der Waals surface area contributed by atoms with Crippen molar-refractivity contribution in [2.24, 2.45) is 5.41 Å². The van der Waals surface area contributed by atoms with E-state index in [1.54, 1.807) is 0 Å². The predicted octanol–water partition coefficient (Wildman–Crippen LogP) is 2.19. The first-order chi connectivity index (χ1) is 7.46. The van der Waals surface area contributed by atoms with E-state index in [1.165, 1.54) is 12.8 Å². The standard InChI is InChI=1S/C13H25NO2/c1-13(2)8-6-11(7-9-13)14(3)12(16)5-4-10-15/h11,15H,4-10H2,1-3H3. The first kappa shape index (κ1) is 13.5. The number of aliphatic hydroxyl groups is 1. The molecule has 1 aliphatic rings. The predicted molar refractivity (Wildman–Crippen MR) is 65.1 cm³/mol. The lowest BCUT2D eigenvalue weighted by Crippen LogP contribution is -2.40. The van der Waals surface area contributed by atoms with Crippen LogP contribution in [0, 0.1) is 5.41 Å². The lowest BCUT2D eigenvalue weighted by Gasteiger charge is -2.38. The van der Waals surface area contributed by atoms with Crippen LogP contribution >= 0.6 is 0 Å². The van der Waals surface area contributed by atoms with Gasteiger partial charge in [-0.3, -0.25) is 4.79 Å². The Morgan fingerprint density at radius 2 is 1.94 bits per heavy atom. The van der Waals surface area contributed by atoms with Crippen molar-refractivity contribution in [3.63, 3.8) is 0 Å². The van der Waals surface area contributed by atoms with Crippen molar-refractivity contribution in [3.05, 3.63) is 0 Å². The minimum absolute atomic E-state index is 0.108. The highest BCUT2D eigenvalue weighted by molar-refractivity contribution is 5.76. The van der Waals surface area contributed by atoms with Crippen molar-refractivity contribution in [1.82, 2.24) is 4.90 Å². The van der Waals surface area contributed by atoms with Gasteiger partial charge in [-0.25, -0.2) is 0 Å². The Balaban J connectivity index is 2.38. The van der Waals surface area contributed by atoms with E-state index in [4.69, 9.17) is 5.11 Å². The molecule has 1 aliphatic carbocycles. The normalized spacial score (nSPS) is 20.8. The highest BCUT2D eigenvalue weighted by atomic mass is 16.3. The Labute approximate surface area is 98.8 Å². The molecule has 0 saturated heterocycles. The van der Waals surface area contributed by atoms with E-state index in [9.17, 15) is 4.79 Å². The summed E-state index contributed by atoms with van der Waals surface area (Å²) < 4.78 is 0. The molecule has 16 heavy (non-hydrogen) atoms. The van der Waals surface area contributed by atoms with Crippen molar-refractivity contribution in [2.45, 2.75) is 58.4 Å². The summed E-state index contributed by atoms with van der Waals surface area (Å²) in [5, 5.41) is 8.71. The van der Waals surface area contributed by atoms with Gasteiger partial charge in [0.25, 0.3) is 0 Å². The zero-order valence-electron chi connectivity index (χ0n) is 10.8. The smallest absolute Gasteiger partial charge is 0.222 e. The van der Waals surface area contributed by atoms with E-state index in [0.717, 1.165) is 12.8 Å². The van der Waals surface area contributed by atoms with Crippen LogP contribution in [0.4, 0.5) is 0 Å². The highest BCUT2D eigenvalue weighted by Crippen LogP contribution is 2.36. The fraction of sp³-hybridized carbons (Fsp3) is 0.923. The molecule has 0 unspecified atom stereocenters. The van der Waals surface area contributed by atoms with Gasteiger partial charge >= 0.3 is 0 Å². The fourth-order valence-corrected chi connectivity index (χ4v) is 2.38. The van der Waals surface area contributed by atoms with Crippen LogP contribution in [0.15, 0.2) is 0 Å². The Morgan fingerprint density at radius 3 is 2.44 bits per heavy atom. The quantitative estimate of drug-likeness (QED) is 0.799. The Morgan fingerprint density at radius 1 is 1.38 bits per heavy atom. The molecule has 94 valence electrons. The number of hydrogen-bond donors (Lipinski definition) is 1. The van der Waals surface area contributed by atoms with Gasteiger partial charge < -0.3 is 10.0 Å². The summed E-state index contributed by atoms with van der Waals surface area (Å²) in [4.78, 5) is 13.7. The van der Waals surface area contributed by atoms with Crippen LogP contribution in [0.1, 0.15) is 52.4 Å². The summed E-state index contributed by atoms with van der Waals surface area (Å²) in [5.41, 5.74) is 0.450. The number of amides is 1. The molecule has 0 atom stereocenters. The van der Waals surface area contributed by atoms with Crippen molar-refractivity contribution in [3.8, 4) is 0 Å². The Kier molecular flexibility index (Phi) is 4.78. The lowest BCUT2D eigenvalue weighted by atomic mass is 9.75. The lowest BCUT2D eigenvalue weighted by molar-refractivity contribution is -0.133. The van der Waals surface area contributed by atoms with E-state index in [-0.39, 0.29) is 12.5 Å². The number of hydrogen-bond acceptors (Lipinski definition) is 2. The summed E-state index contributed by atoms with van der Waals surface area (Å²) in [6.45, 7) is 4.71. The summed E-state index contributed by atoms with van der Waals surface area (Å²) in [5.74, 6) is 0.179. The molecule has 1 N–H and O–H groups in total. The van der Waals surface area contributed by atoms with Crippen molar-refractivity contribution >= 4 is 5.91 Å². The molecule has 0 aromatic carbocycles. The Bertz CT molecular complexity index is 228. The average molecular weight is 227 g/mol. The number of carbonyl (C=O) groups excluding carboxylic acids is 1. The monoisotopic (exact) mass is 227 g/mol. The van der Waals surface area contributed by atoms with Gasteiger partial charge in [0, 0.05) is 26.1 Å². The third-order valence-electron chi connectivity index (χ3n) is 3.80. The van der Waals surface area contributed by atoms with Crippen LogP contribution in [-0.4, -0.2) is 35.6 Å². The molecule has 0 aliphatic heterocycles. The maximum Gasteiger partial charge on any atom is 0.222 e. The fourth-order valence-electron chi connectivity index (χ4n) is 2.38. The molecule has 0 aromatic heterocycles. The van der Waals surface area contributed by atoms with E-state index in [0.29, 0.717) is 24.3 Å². The zero-order chi connectivity index (χ0) is 12.2. The third-order valence-corrected chi connectivity index (χ3v) is 3.80. The molecule has 0 aromatic rings. The largest absolute Gasteiger partial charge is 0.396 e. The van der Waals surface area contributed by atoms with E-state index >= 15 is 0 Å². The molecule has 1 fully saturated rings. The number of rotatable bonds is 4. The molecule has 1 saturated carbocycles. The van der Waals surface area contributed by atoms with Gasteiger partial charge in [0.1, 0.15) is 0 Å². The minimum Gasteiger partial charge on any atom is -0.396 e. The van der Waals surface area contributed by atoms with Gasteiger partial charge in [0.15, 0.2) is 0 Å². The van der Waals surface area contributed by atoms with Crippen LogP contribution in [-0.2, 0) is 4.79 Å². The van der Waals surface area contributed by atoms with Crippen LogP contribution in [0.5, 0.6) is 0 Å². The van der Waals surface area contributed by atoms with Gasteiger partial charge in [-0.15, -0.1) is 0 Å². The van der Waals surface area contributed by atoms with Crippen LogP contribution in [0.2, 0.25) is 0 Å². The molecule has 3 heteroatoms. The molecule has 0 heterocycles. The molecular formula is C13H25NO2. The van der Waals surface area contributed by atoms with E-state index in [1.807, 2.05) is 11.9 Å². The molecule has 1 rings (SSSR count). The van der Waals surface area contributed by atoms with E-state index in [2.05, 4.69) is 13.8 Å². The minimum atomic E-state index is 0.108. The molecule has 3 nitrogen and oxygen atoms in total. The van der Waals surface area contributed by atoms with Crippen LogP contribution in [0.25, 0.3) is 0 Å². The zero-order valence-corrected chi connectivity index (χ0v) is 10.8. The maximum atomic E-state index is 11.8. The number of nitrogens with zero attached hydrogens (tertiary/aromatic N) is 1. The molecule has 1 amide bonds. The Hall–Kier alpha value is -0.570. The first-order valence-electron chi connectivity index (χ1n) is 6.33. The van der Waals surface area contributed by atoms with Crippen LogP contribution < -0.4 is 0 Å². The third kappa shape index (κ3) is 3.78. The highest BCUT2D eigenvalue weighted by Gasteiger charge is 2.30. The maximum absolute atomic E-state index is 11.8. The summed E-state index contributed by atoms with van der Waals surface area (Å²) in [6, 6.07) is 0.416. The van der Waals surface area contributed by atoms with Gasteiger partial charge in [-0.2, -0.15) is 0 Å². The molecule has 0 bridgehead atoms. The van der Waals surface area contributed by atoms with Gasteiger partial charge in [-0.1, -0.05) is 13.8 Å². The molecule has 0 spiro atoms. The van der Waals surface area contributed by atoms with Crippen molar-refractivity contribution in [2.75, 3.05) is 13.7 Å². The molecule has 0 radical (unpaired) electrons. The van der Waals surface area contributed by atoms with Crippen molar-refractivity contribution < 1.29 is 9.90 Å². The number of carbonyl (C=O) groups is 1. The second-order valence-corrected chi connectivity index (χ2v) is 5.73. The van der Waals surface area contributed by atoms with Gasteiger partial charge in [0.2, 0.25) is 5.91 Å². The molecular weight excluding hydrogens is 202 g/mol. The average Bonchev–Trinajstić information content (AvgIpc) is 2.25. The van der Waals surface area contributed by atoms with Crippen LogP contribution in [0.3, 0.4) is 0 Å². The number of aliphatic hydroxyl groups excluding tert-OH is 1. The second-order valence-electron chi connectivity index (χ2n) is 5.73. The van der Waals surface area contributed by atoms with Gasteiger partial charge in [-0.05, 0) is 37.5 Å². The van der Waals surface area contributed by atoms with E-state index < -0.39 is 0 Å². The SMILES string of the molecule is CN(C(=O)CCCO)C1CCC(C)(C)CC1. The summed E-state index contributed by atoms with van der Waals surface area (Å²) >= 11 is 0. The first-order valence-corrected chi connectivity index (χ1v) is 6.33. The second kappa shape index (κ2) is 5.67. The summed E-state index contributed by atoms with van der Waals surface area (Å²) in [7, 11) is 1.91.